The molecule has 0 unspecified atom stereocenters. The Morgan fingerprint density at radius 2 is 1.87 bits per heavy atom. The highest BCUT2D eigenvalue weighted by atomic mass is 16.5. The minimum atomic E-state index is -0.338. The predicted octanol–water partition coefficient (Wildman–Crippen LogP) is 2.75. The minimum absolute atomic E-state index is 0.338. The molecule has 0 atom stereocenters. The van der Waals surface area contributed by atoms with Crippen LogP contribution in [0.15, 0.2) is 30.3 Å². The van der Waals surface area contributed by atoms with Gasteiger partial charge < -0.3 is 10.1 Å². The molecule has 0 spiro atoms. The quantitative estimate of drug-likeness (QED) is 0.813. The zero-order valence-electron chi connectivity index (χ0n) is 9.62. The summed E-state index contributed by atoms with van der Waals surface area (Å²) in [5.74, 6) is 0. The maximum Gasteiger partial charge on any atom is 0.407 e. The largest absolute Gasteiger partial charge is 0.450 e. The van der Waals surface area contributed by atoms with Gasteiger partial charge in [-0.2, -0.15) is 0 Å². The number of rotatable bonds is 2. The van der Waals surface area contributed by atoms with Crippen LogP contribution in [0.3, 0.4) is 0 Å². The van der Waals surface area contributed by atoms with E-state index in [1.165, 1.54) is 5.56 Å². The first kappa shape index (κ1) is 13.5. The van der Waals surface area contributed by atoms with Gasteiger partial charge in [0.25, 0.3) is 0 Å². The Morgan fingerprint density at radius 1 is 1.27 bits per heavy atom. The molecule has 0 bridgehead atoms. The Bertz CT molecular complexity index is 252. The highest BCUT2D eigenvalue weighted by molar-refractivity contribution is 5.66. The van der Waals surface area contributed by atoms with Crippen LogP contribution in [0.2, 0.25) is 0 Å². The third-order valence-corrected chi connectivity index (χ3v) is 1.54. The van der Waals surface area contributed by atoms with Crippen LogP contribution in [0.5, 0.6) is 0 Å². The first-order chi connectivity index (χ1) is 7.20. The van der Waals surface area contributed by atoms with Crippen molar-refractivity contribution in [3.63, 3.8) is 0 Å². The Labute approximate surface area is 91.5 Å². The third-order valence-electron chi connectivity index (χ3n) is 1.54. The second-order valence-corrected chi connectivity index (χ2v) is 2.91. The molecule has 0 aliphatic carbocycles. The van der Waals surface area contributed by atoms with E-state index in [9.17, 15) is 4.79 Å². The molecular formula is C12H19NO2. The van der Waals surface area contributed by atoms with Crippen LogP contribution in [0, 0.1) is 6.92 Å². The van der Waals surface area contributed by atoms with Crippen molar-refractivity contribution in [1.29, 1.82) is 0 Å². The molecule has 1 aromatic carbocycles. The summed E-state index contributed by atoms with van der Waals surface area (Å²) in [6, 6.07) is 10.3. The summed E-state index contributed by atoms with van der Waals surface area (Å²) in [5.41, 5.74) is 1.32. The second kappa shape index (κ2) is 9.06. The molecule has 0 aliphatic rings. The van der Waals surface area contributed by atoms with E-state index in [1.54, 1.807) is 6.92 Å². The predicted molar refractivity (Wildman–Crippen MR) is 61.9 cm³/mol. The highest BCUT2D eigenvalue weighted by Crippen LogP contribution is 1.92. The number of benzene rings is 1. The number of nitrogens with one attached hydrogen (secondary N) is 1. The zero-order chi connectivity index (χ0) is 11.5. The van der Waals surface area contributed by atoms with E-state index in [0.29, 0.717) is 13.2 Å². The van der Waals surface area contributed by atoms with Crippen molar-refractivity contribution in [2.75, 3.05) is 13.2 Å². The van der Waals surface area contributed by atoms with Gasteiger partial charge in [0.2, 0.25) is 0 Å². The van der Waals surface area contributed by atoms with E-state index in [4.69, 9.17) is 0 Å². The maximum absolute atomic E-state index is 10.3. The topological polar surface area (TPSA) is 38.3 Å². The van der Waals surface area contributed by atoms with E-state index < -0.39 is 0 Å². The van der Waals surface area contributed by atoms with Crippen molar-refractivity contribution in [1.82, 2.24) is 5.32 Å². The molecule has 1 aromatic rings. The van der Waals surface area contributed by atoms with Crippen molar-refractivity contribution in [2.45, 2.75) is 20.8 Å². The molecule has 0 fully saturated rings. The molecule has 0 aromatic heterocycles. The zero-order valence-corrected chi connectivity index (χ0v) is 9.62. The lowest BCUT2D eigenvalue weighted by molar-refractivity contribution is 0.153. The molecule has 0 saturated carbocycles. The summed E-state index contributed by atoms with van der Waals surface area (Å²) in [6.45, 7) is 6.76. The van der Waals surface area contributed by atoms with Gasteiger partial charge in [0.15, 0.2) is 0 Å². The van der Waals surface area contributed by atoms with E-state index in [0.717, 1.165) is 0 Å². The summed E-state index contributed by atoms with van der Waals surface area (Å²) in [6.07, 6.45) is -0.338. The van der Waals surface area contributed by atoms with E-state index in [2.05, 4.69) is 29.1 Å². The van der Waals surface area contributed by atoms with Gasteiger partial charge in [-0.15, -0.1) is 0 Å². The summed E-state index contributed by atoms with van der Waals surface area (Å²) in [4.78, 5) is 10.3. The first-order valence-corrected chi connectivity index (χ1v) is 5.13. The van der Waals surface area contributed by atoms with Crippen LogP contribution < -0.4 is 5.32 Å². The smallest absolute Gasteiger partial charge is 0.407 e. The lowest BCUT2D eigenvalue weighted by Crippen LogP contribution is -2.23. The van der Waals surface area contributed by atoms with Crippen LogP contribution in [-0.4, -0.2) is 19.2 Å². The van der Waals surface area contributed by atoms with Crippen LogP contribution in [0.4, 0.5) is 4.79 Å². The number of carbonyl (C=O) groups excluding carboxylic acids is 1. The Kier molecular flexibility index (Phi) is 8.15. The van der Waals surface area contributed by atoms with Crippen LogP contribution >= 0.6 is 0 Å². The highest BCUT2D eigenvalue weighted by Gasteiger charge is 1.92. The van der Waals surface area contributed by atoms with Gasteiger partial charge in [-0.3, -0.25) is 0 Å². The van der Waals surface area contributed by atoms with Crippen molar-refractivity contribution >= 4 is 6.09 Å². The SMILES string of the molecule is CCNC(=O)OCC.Cc1ccccc1. The molecule has 3 heteroatoms. The van der Waals surface area contributed by atoms with Gasteiger partial charge in [-0.05, 0) is 20.8 Å². The number of hydrogen-bond acceptors (Lipinski definition) is 2. The molecule has 0 saturated heterocycles. The molecule has 0 aliphatic heterocycles. The fourth-order valence-electron chi connectivity index (χ4n) is 0.861. The number of amides is 1. The fraction of sp³-hybridized carbons (Fsp3) is 0.417. The van der Waals surface area contributed by atoms with E-state index in [-0.39, 0.29) is 6.09 Å². The van der Waals surface area contributed by atoms with Crippen molar-refractivity contribution in [3.05, 3.63) is 35.9 Å². The normalized spacial score (nSPS) is 8.47. The average molecular weight is 209 g/mol. The molecule has 15 heavy (non-hydrogen) atoms. The standard InChI is InChI=1S/C7H8.C5H11NO2/c1-7-5-3-2-4-6-7;1-3-6-5(7)8-4-2/h2-6H,1H3;3-4H2,1-2H3,(H,6,7). The van der Waals surface area contributed by atoms with Crippen LogP contribution in [-0.2, 0) is 4.74 Å². The Morgan fingerprint density at radius 3 is 2.20 bits per heavy atom. The van der Waals surface area contributed by atoms with Crippen LogP contribution in [0.1, 0.15) is 19.4 Å². The van der Waals surface area contributed by atoms with Crippen LogP contribution in [0.25, 0.3) is 0 Å². The molecule has 1 amide bonds. The summed E-state index contributed by atoms with van der Waals surface area (Å²) in [5, 5.41) is 2.49. The monoisotopic (exact) mass is 209 g/mol. The number of ether oxygens (including phenoxy) is 1. The first-order valence-electron chi connectivity index (χ1n) is 5.13. The van der Waals surface area contributed by atoms with E-state index >= 15 is 0 Å². The Hall–Kier alpha value is -1.51. The van der Waals surface area contributed by atoms with E-state index in [1.807, 2.05) is 25.1 Å². The summed E-state index contributed by atoms with van der Waals surface area (Å²) in [7, 11) is 0. The molecular weight excluding hydrogens is 190 g/mol. The lowest BCUT2D eigenvalue weighted by Gasteiger charge is -1.99. The van der Waals surface area contributed by atoms with Crippen molar-refractivity contribution in [3.8, 4) is 0 Å². The second-order valence-electron chi connectivity index (χ2n) is 2.91. The lowest BCUT2D eigenvalue weighted by atomic mass is 10.2. The van der Waals surface area contributed by atoms with Gasteiger partial charge in [-0.1, -0.05) is 35.9 Å². The van der Waals surface area contributed by atoms with Crippen molar-refractivity contribution < 1.29 is 9.53 Å². The average Bonchev–Trinajstić information content (AvgIpc) is 2.20. The van der Waals surface area contributed by atoms with Gasteiger partial charge >= 0.3 is 6.09 Å². The molecule has 1 rings (SSSR count). The summed E-state index contributed by atoms with van der Waals surface area (Å²) < 4.78 is 4.53. The number of alkyl carbamates (subject to hydrolysis) is 1. The number of hydrogen-bond donors (Lipinski definition) is 1. The molecule has 1 N–H and O–H groups in total. The van der Waals surface area contributed by atoms with Gasteiger partial charge in [0.1, 0.15) is 0 Å². The molecule has 0 heterocycles. The third kappa shape index (κ3) is 8.81. The molecule has 0 radical (unpaired) electrons. The van der Waals surface area contributed by atoms with Gasteiger partial charge in [0.05, 0.1) is 6.61 Å². The number of aryl methyl sites for hydroxylation is 1. The van der Waals surface area contributed by atoms with Gasteiger partial charge in [-0.25, -0.2) is 4.79 Å². The fourth-order valence-corrected chi connectivity index (χ4v) is 0.861. The van der Waals surface area contributed by atoms with Gasteiger partial charge in [0, 0.05) is 6.54 Å². The summed E-state index contributed by atoms with van der Waals surface area (Å²) >= 11 is 0. The molecule has 84 valence electrons. The molecule has 3 nitrogen and oxygen atoms in total. The number of carbonyl (C=O) groups is 1. The van der Waals surface area contributed by atoms with Crippen molar-refractivity contribution in [2.24, 2.45) is 0 Å². The Balaban J connectivity index is 0.000000262. The minimum Gasteiger partial charge on any atom is -0.450 e. The maximum atomic E-state index is 10.3.